The maximum Gasteiger partial charge on any atom is 0.509 e. The van der Waals surface area contributed by atoms with Crippen molar-refractivity contribution in [1.29, 1.82) is 0 Å². The Morgan fingerprint density at radius 2 is 1.86 bits per heavy atom. The molecule has 22 heavy (non-hydrogen) atoms. The van der Waals surface area contributed by atoms with E-state index >= 15 is 0 Å². The van der Waals surface area contributed by atoms with E-state index in [9.17, 15) is 4.79 Å². The molecule has 1 fully saturated rings. The van der Waals surface area contributed by atoms with Gasteiger partial charge in [-0.2, -0.15) is 0 Å². The van der Waals surface area contributed by atoms with Crippen molar-refractivity contribution in [2.75, 3.05) is 6.61 Å². The van der Waals surface area contributed by atoms with Gasteiger partial charge in [0.05, 0.1) is 0 Å². The van der Waals surface area contributed by atoms with Crippen molar-refractivity contribution in [1.82, 2.24) is 0 Å². The second kappa shape index (κ2) is 5.93. The maximum atomic E-state index is 11.2. The van der Waals surface area contributed by atoms with Crippen LogP contribution >= 0.6 is 0 Å². The first-order valence-electron chi connectivity index (χ1n) is 6.98. The van der Waals surface area contributed by atoms with Gasteiger partial charge in [0.25, 0.3) is 0 Å². The lowest BCUT2D eigenvalue weighted by Gasteiger charge is -2.21. The average Bonchev–Trinajstić information content (AvgIpc) is 2.97. The monoisotopic (exact) mass is 296 g/mol. The van der Waals surface area contributed by atoms with Gasteiger partial charge in [0.2, 0.25) is 0 Å². The van der Waals surface area contributed by atoms with Gasteiger partial charge in [0.15, 0.2) is 5.60 Å². The van der Waals surface area contributed by atoms with Crippen molar-refractivity contribution in [3.05, 3.63) is 78.4 Å². The largest absolute Gasteiger partial charge is 0.509 e. The van der Waals surface area contributed by atoms with Crippen molar-refractivity contribution in [2.45, 2.75) is 12.2 Å². The van der Waals surface area contributed by atoms with Gasteiger partial charge in [-0.25, -0.2) is 4.79 Å². The van der Waals surface area contributed by atoms with Crippen LogP contribution in [0.15, 0.2) is 67.3 Å². The molecule has 2 aromatic carbocycles. The first kappa shape index (κ1) is 14.2. The highest BCUT2D eigenvalue weighted by Gasteiger charge is 2.41. The zero-order valence-corrected chi connectivity index (χ0v) is 12.0. The Labute approximate surface area is 128 Å². The van der Waals surface area contributed by atoms with Crippen molar-refractivity contribution in [3.63, 3.8) is 0 Å². The van der Waals surface area contributed by atoms with E-state index in [-0.39, 0.29) is 6.61 Å². The number of benzene rings is 2. The van der Waals surface area contributed by atoms with Crippen molar-refractivity contribution < 1.29 is 19.0 Å². The quantitative estimate of drug-likeness (QED) is 0.621. The lowest BCUT2D eigenvalue weighted by atomic mass is 9.95. The standard InChI is InChI=1S/C18H16O4/c1-2-18(13-21-17(19)22-18)15-8-10-16(11-9-15)20-12-14-6-4-3-5-7-14/h2-11H,1,12-13H2. The highest BCUT2D eigenvalue weighted by Crippen LogP contribution is 2.33. The Balaban J connectivity index is 1.70. The molecule has 0 spiro atoms. The fourth-order valence-electron chi connectivity index (χ4n) is 2.31. The maximum absolute atomic E-state index is 11.2. The molecule has 4 nitrogen and oxygen atoms in total. The molecule has 3 rings (SSSR count). The van der Waals surface area contributed by atoms with Crippen LogP contribution in [0.3, 0.4) is 0 Å². The highest BCUT2D eigenvalue weighted by atomic mass is 16.8. The van der Waals surface area contributed by atoms with E-state index in [0.717, 1.165) is 16.9 Å². The van der Waals surface area contributed by atoms with Gasteiger partial charge >= 0.3 is 6.16 Å². The van der Waals surface area contributed by atoms with Crippen molar-refractivity contribution >= 4 is 6.16 Å². The number of hydrogen-bond acceptors (Lipinski definition) is 4. The second-order valence-corrected chi connectivity index (χ2v) is 5.03. The van der Waals surface area contributed by atoms with Crippen LogP contribution in [-0.4, -0.2) is 12.8 Å². The first-order valence-corrected chi connectivity index (χ1v) is 6.98. The van der Waals surface area contributed by atoms with E-state index < -0.39 is 11.8 Å². The third-order valence-corrected chi connectivity index (χ3v) is 3.59. The van der Waals surface area contributed by atoms with E-state index in [1.165, 1.54) is 0 Å². The van der Waals surface area contributed by atoms with Crippen LogP contribution in [0.1, 0.15) is 11.1 Å². The molecular formula is C18H16O4. The van der Waals surface area contributed by atoms with Crippen LogP contribution in [-0.2, 0) is 21.7 Å². The number of hydrogen-bond donors (Lipinski definition) is 0. The van der Waals surface area contributed by atoms with Gasteiger partial charge in [0, 0.05) is 5.56 Å². The molecule has 0 N–H and O–H groups in total. The molecule has 112 valence electrons. The number of carbonyl (C=O) groups excluding carboxylic acids is 1. The van der Waals surface area contributed by atoms with Gasteiger partial charge in [-0.15, -0.1) is 0 Å². The van der Waals surface area contributed by atoms with Gasteiger partial charge in [-0.05, 0) is 23.8 Å². The summed E-state index contributed by atoms with van der Waals surface area (Å²) in [4.78, 5) is 11.2. The predicted octanol–water partition coefficient (Wildman–Crippen LogP) is 3.81. The summed E-state index contributed by atoms with van der Waals surface area (Å²) in [5.74, 6) is 0.747. The first-order chi connectivity index (χ1) is 10.7. The summed E-state index contributed by atoms with van der Waals surface area (Å²) in [7, 11) is 0. The molecule has 1 aliphatic heterocycles. The summed E-state index contributed by atoms with van der Waals surface area (Å²) in [5.41, 5.74) is 1.00. The van der Waals surface area contributed by atoms with E-state index in [1.54, 1.807) is 6.08 Å². The smallest absolute Gasteiger partial charge is 0.489 e. The summed E-state index contributed by atoms with van der Waals surface area (Å²) in [6.45, 7) is 4.38. The summed E-state index contributed by atoms with van der Waals surface area (Å²) in [6, 6.07) is 17.3. The molecule has 1 heterocycles. The van der Waals surface area contributed by atoms with Gasteiger partial charge in [-0.1, -0.05) is 49.0 Å². The van der Waals surface area contributed by atoms with E-state index in [0.29, 0.717) is 6.61 Å². The summed E-state index contributed by atoms with van der Waals surface area (Å²) < 4.78 is 15.9. The minimum absolute atomic E-state index is 0.138. The fraction of sp³-hybridized carbons (Fsp3) is 0.167. The molecule has 1 saturated heterocycles. The molecule has 1 aliphatic rings. The summed E-state index contributed by atoms with van der Waals surface area (Å²) >= 11 is 0. The molecule has 1 atom stereocenters. The van der Waals surface area contributed by atoms with E-state index in [2.05, 4.69) is 6.58 Å². The molecule has 0 amide bonds. The molecule has 1 unspecified atom stereocenters. The zero-order chi connectivity index (χ0) is 15.4. The molecule has 0 aromatic heterocycles. The summed E-state index contributed by atoms with van der Waals surface area (Å²) in [6.07, 6.45) is 0.905. The summed E-state index contributed by atoms with van der Waals surface area (Å²) in [5, 5.41) is 0. The fourth-order valence-corrected chi connectivity index (χ4v) is 2.31. The van der Waals surface area contributed by atoms with Gasteiger partial charge in [0.1, 0.15) is 19.0 Å². The average molecular weight is 296 g/mol. The topological polar surface area (TPSA) is 44.8 Å². The third kappa shape index (κ3) is 2.81. The molecule has 0 aliphatic carbocycles. The predicted molar refractivity (Wildman–Crippen MR) is 81.5 cm³/mol. The van der Waals surface area contributed by atoms with E-state index in [4.69, 9.17) is 14.2 Å². The Morgan fingerprint density at radius 1 is 1.14 bits per heavy atom. The normalized spacial score (nSPS) is 20.1. The Morgan fingerprint density at radius 3 is 2.45 bits per heavy atom. The van der Waals surface area contributed by atoms with Crippen LogP contribution in [0.25, 0.3) is 0 Å². The van der Waals surface area contributed by atoms with Crippen LogP contribution in [0.5, 0.6) is 5.75 Å². The highest BCUT2D eigenvalue weighted by molar-refractivity contribution is 5.64. The number of cyclic esters (lactones) is 2. The molecule has 0 bridgehead atoms. The van der Waals surface area contributed by atoms with Crippen LogP contribution in [0.2, 0.25) is 0 Å². The Kier molecular flexibility index (Phi) is 3.83. The lowest BCUT2D eigenvalue weighted by Crippen LogP contribution is -2.25. The zero-order valence-electron chi connectivity index (χ0n) is 12.0. The van der Waals surface area contributed by atoms with Crippen molar-refractivity contribution in [3.8, 4) is 5.75 Å². The van der Waals surface area contributed by atoms with Crippen LogP contribution in [0, 0.1) is 0 Å². The third-order valence-electron chi connectivity index (χ3n) is 3.59. The molecule has 4 heteroatoms. The number of rotatable bonds is 5. The van der Waals surface area contributed by atoms with E-state index in [1.807, 2.05) is 54.6 Å². The van der Waals surface area contributed by atoms with Crippen molar-refractivity contribution in [2.24, 2.45) is 0 Å². The number of carbonyl (C=O) groups is 1. The van der Waals surface area contributed by atoms with Gasteiger partial charge < -0.3 is 14.2 Å². The molecule has 0 saturated carbocycles. The Bertz CT molecular complexity index is 663. The minimum Gasteiger partial charge on any atom is -0.489 e. The molecule has 2 aromatic rings. The van der Waals surface area contributed by atoms with Crippen LogP contribution in [0.4, 0.5) is 4.79 Å². The SMILES string of the molecule is C=CC1(c2ccc(OCc3ccccc3)cc2)COC(=O)O1. The molecule has 0 radical (unpaired) electrons. The molecular weight excluding hydrogens is 280 g/mol. The lowest BCUT2D eigenvalue weighted by molar-refractivity contribution is 0.0887. The number of ether oxygens (including phenoxy) is 3. The second-order valence-electron chi connectivity index (χ2n) is 5.03. The minimum atomic E-state index is -0.908. The Hall–Kier alpha value is -2.75. The van der Waals surface area contributed by atoms with Gasteiger partial charge in [-0.3, -0.25) is 0 Å². The van der Waals surface area contributed by atoms with Crippen LogP contribution < -0.4 is 4.74 Å².